The van der Waals surface area contributed by atoms with Gasteiger partial charge in [-0.3, -0.25) is 4.79 Å². The molecule has 0 spiro atoms. The Kier molecular flexibility index (Phi) is 5.88. The summed E-state index contributed by atoms with van der Waals surface area (Å²) >= 11 is 0. The van der Waals surface area contributed by atoms with Gasteiger partial charge in [0, 0.05) is 29.3 Å². The number of esters is 1. The largest absolute Gasteiger partial charge is 0.493 e. The Bertz CT molecular complexity index is 1280. The Balaban J connectivity index is 1.57. The molecule has 8 heteroatoms. The smallest absolute Gasteiger partial charge is 0.336 e. The highest BCUT2D eigenvalue weighted by atomic mass is 16.7. The maximum atomic E-state index is 13.7. The molecule has 2 heterocycles. The van der Waals surface area contributed by atoms with Crippen LogP contribution in [0, 0.1) is 0 Å². The van der Waals surface area contributed by atoms with Gasteiger partial charge in [0.2, 0.25) is 6.79 Å². The zero-order valence-electron chi connectivity index (χ0n) is 20.1. The predicted molar refractivity (Wildman–Crippen MR) is 127 cm³/mol. The van der Waals surface area contributed by atoms with Gasteiger partial charge in [-0.25, -0.2) is 4.79 Å². The number of dihydropyridines is 1. The molecule has 0 aromatic heterocycles. The minimum atomic E-state index is -0.563. The number of ketones is 1. The summed E-state index contributed by atoms with van der Waals surface area (Å²) in [7, 11) is 4.53. The van der Waals surface area contributed by atoms with Crippen molar-refractivity contribution >= 4 is 11.8 Å². The molecule has 5 rings (SSSR count). The summed E-state index contributed by atoms with van der Waals surface area (Å²) in [4.78, 5) is 26.5. The van der Waals surface area contributed by atoms with Crippen LogP contribution in [-0.2, 0) is 14.3 Å². The number of carbonyl (C=O) groups is 2. The van der Waals surface area contributed by atoms with E-state index in [1.165, 1.54) is 7.11 Å². The number of hydrogen-bond donors (Lipinski definition) is 1. The SMILES string of the molecule is COC(=O)C1=C(C)NC2=C(C(=O)C[C@H](c3ccc(OC)c(OC)c3)C2)[C@H]1c1ccc2c(c1)OCO2. The number of hydrogen-bond acceptors (Lipinski definition) is 8. The molecule has 2 atom stereocenters. The topological polar surface area (TPSA) is 92.3 Å². The van der Waals surface area contributed by atoms with Gasteiger partial charge in [-0.2, -0.15) is 0 Å². The van der Waals surface area contributed by atoms with Gasteiger partial charge in [0.25, 0.3) is 0 Å². The van der Waals surface area contributed by atoms with Crippen LogP contribution in [0.4, 0.5) is 0 Å². The fourth-order valence-corrected chi connectivity index (χ4v) is 5.19. The van der Waals surface area contributed by atoms with Crippen molar-refractivity contribution < 1.29 is 33.3 Å². The van der Waals surface area contributed by atoms with E-state index in [4.69, 9.17) is 23.7 Å². The number of ether oxygens (including phenoxy) is 5. The molecule has 35 heavy (non-hydrogen) atoms. The second-order valence-corrected chi connectivity index (χ2v) is 8.74. The minimum Gasteiger partial charge on any atom is -0.493 e. The lowest BCUT2D eigenvalue weighted by molar-refractivity contribution is -0.136. The highest BCUT2D eigenvalue weighted by Crippen LogP contribution is 2.48. The molecular formula is C27H27NO7. The first kappa shape index (κ1) is 22.8. The molecule has 182 valence electrons. The Hall–Kier alpha value is -3.94. The minimum absolute atomic E-state index is 0.0184. The van der Waals surface area contributed by atoms with E-state index in [9.17, 15) is 9.59 Å². The molecule has 0 saturated heterocycles. The van der Waals surface area contributed by atoms with Gasteiger partial charge >= 0.3 is 5.97 Å². The van der Waals surface area contributed by atoms with Gasteiger partial charge in [-0.15, -0.1) is 0 Å². The standard InChI is InChI=1S/C27H27NO7/c1-14-24(27(30)33-4)25(16-6-8-21-23(12-16)35-13-34-21)26-18(28-14)9-17(10-19(26)29)15-5-7-20(31-2)22(11-15)32-3/h5-8,11-12,17,25,28H,9-10,13H2,1-4H3/t17-,25+/m1/s1. The lowest BCUT2D eigenvalue weighted by Crippen LogP contribution is -2.36. The lowest BCUT2D eigenvalue weighted by Gasteiger charge is -2.36. The van der Waals surface area contributed by atoms with Crippen LogP contribution in [0.25, 0.3) is 0 Å². The van der Waals surface area contributed by atoms with Crippen molar-refractivity contribution in [2.24, 2.45) is 0 Å². The van der Waals surface area contributed by atoms with Crippen LogP contribution in [-0.4, -0.2) is 39.9 Å². The molecule has 2 aliphatic heterocycles. The number of Topliss-reactive ketones (excluding diaryl/α,β-unsaturated/α-hetero) is 1. The molecule has 0 fully saturated rings. The molecule has 3 aliphatic rings. The van der Waals surface area contributed by atoms with Gasteiger partial charge in [0.15, 0.2) is 28.8 Å². The van der Waals surface area contributed by atoms with Crippen LogP contribution in [0.1, 0.15) is 42.7 Å². The van der Waals surface area contributed by atoms with Gasteiger partial charge in [0.05, 0.1) is 26.9 Å². The van der Waals surface area contributed by atoms with Crippen molar-refractivity contribution in [3.63, 3.8) is 0 Å². The zero-order chi connectivity index (χ0) is 24.7. The van der Waals surface area contributed by atoms with Gasteiger partial charge < -0.3 is 29.0 Å². The third kappa shape index (κ3) is 3.88. The summed E-state index contributed by atoms with van der Waals surface area (Å²) in [6.45, 7) is 1.98. The predicted octanol–water partition coefficient (Wildman–Crippen LogP) is 3.97. The highest BCUT2D eigenvalue weighted by Gasteiger charge is 2.41. The molecule has 0 unspecified atom stereocenters. The average molecular weight is 478 g/mol. The van der Waals surface area contributed by atoms with E-state index < -0.39 is 11.9 Å². The van der Waals surface area contributed by atoms with Gasteiger partial charge in [-0.1, -0.05) is 12.1 Å². The van der Waals surface area contributed by atoms with E-state index in [1.807, 2.05) is 43.3 Å². The first-order chi connectivity index (χ1) is 16.9. The fourth-order valence-electron chi connectivity index (χ4n) is 5.19. The van der Waals surface area contributed by atoms with E-state index >= 15 is 0 Å². The number of carbonyl (C=O) groups excluding carboxylic acids is 2. The summed E-state index contributed by atoms with van der Waals surface area (Å²) < 4.78 is 26.9. The number of methoxy groups -OCH3 is 3. The molecule has 8 nitrogen and oxygen atoms in total. The average Bonchev–Trinajstić information content (AvgIpc) is 3.34. The lowest BCUT2D eigenvalue weighted by atomic mass is 9.71. The number of nitrogens with one attached hydrogen (secondary N) is 1. The first-order valence-corrected chi connectivity index (χ1v) is 11.4. The van der Waals surface area contributed by atoms with E-state index in [1.54, 1.807) is 14.2 Å². The second-order valence-electron chi connectivity index (χ2n) is 8.74. The molecule has 0 saturated carbocycles. The molecule has 1 aliphatic carbocycles. The summed E-state index contributed by atoms with van der Waals surface area (Å²) in [6, 6.07) is 11.3. The van der Waals surface area contributed by atoms with Crippen LogP contribution in [0.2, 0.25) is 0 Å². The number of fused-ring (bicyclic) bond motifs is 1. The fraction of sp³-hybridized carbons (Fsp3) is 0.333. The van der Waals surface area contributed by atoms with Crippen molar-refractivity contribution in [3.05, 3.63) is 70.1 Å². The number of benzene rings is 2. The van der Waals surface area contributed by atoms with Crippen molar-refractivity contribution in [3.8, 4) is 23.0 Å². The Morgan fingerprint density at radius 2 is 1.69 bits per heavy atom. The highest BCUT2D eigenvalue weighted by molar-refractivity contribution is 6.04. The zero-order valence-corrected chi connectivity index (χ0v) is 20.1. The third-order valence-corrected chi connectivity index (χ3v) is 6.84. The summed E-state index contributed by atoms with van der Waals surface area (Å²) in [5.74, 6) is 1.39. The molecule has 2 aromatic carbocycles. The first-order valence-electron chi connectivity index (χ1n) is 11.4. The van der Waals surface area contributed by atoms with Crippen LogP contribution in [0.5, 0.6) is 23.0 Å². The van der Waals surface area contributed by atoms with Crippen molar-refractivity contribution in [1.29, 1.82) is 0 Å². The number of allylic oxidation sites excluding steroid dienone is 3. The van der Waals surface area contributed by atoms with Crippen molar-refractivity contribution in [2.75, 3.05) is 28.1 Å². The Morgan fingerprint density at radius 3 is 2.43 bits per heavy atom. The Labute approximate surface area is 203 Å². The van der Waals surface area contributed by atoms with Gasteiger partial charge in [-0.05, 0) is 54.7 Å². The summed E-state index contributed by atoms with van der Waals surface area (Å²) in [5.41, 5.74) is 4.26. The normalized spacial score (nSPS) is 20.9. The summed E-state index contributed by atoms with van der Waals surface area (Å²) in [5, 5.41) is 3.34. The third-order valence-electron chi connectivity index (χ3n) is 6.84. The maximum Gasteiger partial charge on any atom is 0.336 e. The molecule has 0 bridgehead atoms. The maximum absolute atomic E-state index is 13.7. The van der Waals surface area contributed by atoms with Gasteiger partial charge in [0.1, 0.15) is 0 Å². The van der Waals surface area contributed by atoms with Crippen LogP contribution < -0.4 is 24.3 Å². The van der Waals surface area contributed by atoms with Crippen LogP contribution in [0.15, 0.2) is 58.9 Å². The van der Waals surface area contributed by atoms with Crippen LogP contribution in [0.3, 0.4) is 0 Å². The Morgan fingerprint density at radius 1 is 0.943 bits per heavy atom. The molecule has 0 amide bonds. The molecular weight excluding hydrogens is 450 g/mol. The van der Waals surface area contributed by atoms with E-state index in [0.717, 1.165) is 16.8 Å². The second kappa shape index (κ2) is 9.02. The van der Waals surface area contributed by atoms with E-state index in [-0.39, 0.29) is 18.5 Å². The molecule has 1 N–H and O–H groups in total. The van der Waals surface area contributed by atoms with E-state index in [2.05, 4.69) is 5.32 Å². The number of rotatable bonds is 5. The molecule has 2 aromatic rings. The monoisotopic (exact) mass is 477 g/mol. The van der Waals surface area contributed by atoms with Crippen molar-refractivity contribution in [1.82, 2.24) is 5.32 Å². The van der Waals surface area contributed by atoms with Crippen LogP contribution >= 0.6 is 0 Å². The molecule has 0 radical (unpaired) electrons. The quantitative estimate of drug-likeness (QED) is 0.647. The van der Waals surface area contributed by atoms with Crippen molar-refractivity contribution in [2.45, 2.75) is 31.6 Å². The van der Waals surface area contributed by atoms with E-state index in [0.29, 0.717) is 52.7 Å². The summed E-state index contributed by atoms with van der Waals surface area (Å²) in [6.07, 6.45) is 0.925.